The SMILES string of the molecule is CC(CNCc1ccc(Cl)cc1[N+](=O)[O-])N(C)C1CC1. The van der Waals surface area contributed by atoms with Crippen molar-refractivity contribution in [3.8, 4) is 0 Å². The highest BCUT2D eigenvalue weighted by Gasteiger charge is 2.28. The number of hydrogen-bond donors (Lipinski definition) is 1. The van der Waals surface area contributed by atoms with Gasteiger partial charge in [-0.25, -0.2) is 0 Å². The zero-order valence-corrected chi connectivity index (χ0v) is 12.6. The Labute approximate surface area is 124 Å². The Kier molecular flexibility index (Phi) is 4.96. The van der Waals surface area contributed by atoms with Crippen LogP contribution in [-0.4, -0.2) is 35.5 Å². The number of benzene rings is 1. The minimum atomic E-state index is -0.386. The van der Waals surface area contributed by atoms with E-state index in [-0.39, 0.29) is 10.6 Å². The maximum Gasteiger partial charge on any atom is 0.275 e. The molecule has 1 fully saturated rings. The van der Waals surface area contributed by atoms with E-state index in [4.69, 9.17) is 11.6 Å². The molecule has 1 aliphatic carbocycles. The van der Waals surface area contributed by atoms with Crippen molar-refractivity contribution in [1.29, 1.82) is 0 Å². The van der Waals surface area contributed by atoms with Crippen LogP contribution >= 0.6 is 11.6 Å². The zero-order chi connectivity index (χ0) is 14.7. The van der Waals surface area contributed by atoms with E-state index in [9.17, 15) is 10.1 Å². The monoisotopic (exact) mass is 297 g/mol. The van der Waals surface area contributed by atoms with Gasteiger partial charge in [0.05, 0.1) is 4.92 Å². The number of hydrogen-bond acceptors (Lipinski definition) is 4. The van der Waals surface area contributed by atoms with E-state index in [0.29, 0.717) is 23.2 Å². The van der Waals surface area contributed by atoms with E-state index in [1.165, 1.54) is 18.9 Å². The first-order valence-electron chi connectivity index (χ1n) is 6.84. The molecule has 0 aliphatic heterocycles. The summed E-state index contributed by atoms with van der Waals surface area (Å²) in [6.07, 6.45) is 2.56. The molecule has 1 aliphatic rings. The number of nitro benzene ring substituents is 1. The lowest BCUT2D eigenvalue weighted by molar-refractivity contribution is -0.385. The van der Waals surface area contributed by atoms with Crippen LogP contribution in [0.2, 0.25) is 5.02 Å². The third-order valence-electron chi connectivity index (χ3n) is 3.82. The minimum Gasteiger partial charge on any atom is -0.311 e. The first kappa shape index (κ1) is 15.2. The minimum absolute atomic E-state index is 0.0770. The van der Waals surface area contributed by atoms with Gasteiger partial charge >= 0.3 is 0 Å². The standard InChI is InChI=1S/C14H20ClN3O2/c1-10(17(2)13-5-6-13)8-16-9-11-3-4-12(15)7-14(11)18(19)20/h3-4,7,10,13,16H,5-6,8-9H2,1-2H3. The number of nitrogens with zero attached hydrogens (tertiary/aromatic N) is 2. The first-order valence-corrected chi connectivity index (χ1v) is 7.22. The Balaban J connectivity index is 1.88. The summed E-state index contributed by atoms with van der Waals surface area (Å²) in [6.45, 7) is 3.46. The molecule has 2 rings (SSSR count). The lowest BCUT2D eigenvalue weighted by Gasteiger charge is -2.24. The Morgan fingerprint density at radius 3 is 2.85 bits per heavy atom. The van der Waals surface area contributed by atoms with Crippen molar-refractivity contribution in [2.75, 3.05) is 13.6 Å². The van der Waals surface area contributed by atoms with Gasteiger partial charge in [-0.15, -0.1) is 0 Å². The summed E-state index contributed by atoms with van der Waals surface area (Å²) in [4.78, 5) is 13.0. The van der Waals surface area contributed by atoms with Crippen LogP contribution in [0, 0.1) is 10.1 Å². The molecule has 0 bridgehead atoms. The van der Waals surface area contributed by atoms with Gasteiger partial charge in [-0.2, -0.15) is 0 Å². The van der Waals surface area contributed by atoms with E-state index in [2.05, 4.69) is 24.2 Å². The summed E-state index contributed by atoms with van der Waals surface area (Å²) >= 11 is 5.80. The molecule has 0 aromatic heterocycles. The molecular formula is C14H20ClN3O2. The lowest BCUT2D eigenvalue weighted by Crippen LogP contribution is -2.39. The maximum atomic E-state index is 11.0. The molecule has 6 heteroatoms. The molecule has 0 amide bonds. The van der Waals surface area contributed by atoms with E-state index in [1.807, 2.05) is 0 Å². The molecule has 1 N–H and O–H groups in total. The Hall–Kier alpha value is -1.17. The van der Waals surface area contributed by atoms with E-state index < -0.39 is 0 Å². The molecule has 20 heavy (non-hydrogen) atoms. The molecule has 1 saturated carbocycles. The second-order valence-corrected chi connectivity index (χ2v) is 5.84. The fourth-order valence-electron chi connectivity index (χ4n) is 2.26. The Morgan fingerprint density at radius 1 is 1.55 bits per heavy atom. The number of rotatable bonds is 7. The molecule has 5 nitrogen and oxygen atoms in total. The number of nitrogens with one attached hydrogen (secondary N) is 1. The van der Waals surface area contributed by atoms with Crippen LogP contribution in [0.5, 0.6) is 0 Å². The summed E-state index contributed by atoms with van der Waals surface area (Å²) in [6, 6.07) is 5.94. The largest absolute Gasteiger partial charge is 0.311 e. The summed E-state index contributed by atoms with van der Waals surface area (Å²) in [5, 5.41) is 14.7. The van der Waals surface area contributed by atoms with Crippen LogP contribution in [-0.2, 0) is 6.54 Å². The highest BCUT2D eigenvalue weighted by molar-refractivity contribution is 6.30. The summed E-state index contributed by atoms with van der Waals surface area (Å²) < 4.78 is 0. The normalized spacial score (nSPS) is 16.4. The molecule has 0 heterocycles. The fourth-order valence-corrected chi connectivity index (χ4v) is 2.42. The number of halogens is 1. The molecule has 1 unspecified atom stereocenters. The van der Waals surface area contributed by atoms with E-state index in [1.54, 1.807) is 12.1 Å². The fraction of sp³-hybridized carbons (Fsp3) is 0.571. The lowest BCUT2D eigenvalue weighted by atomic mass is 10.1. The van der Waals surface area contributed by atoms with Crippen LogP contribution in [0.1, 0.15) is 25.3 Å². The summed E-state index contributed by atoms with van der Waals surface area (Å²) in [7, 11) is 2.13. The maximum absolute atomic E-state index is 11.0. The predicted molar refractivity (Wildman–Crippen MR) is 80.1 cm³/mol. The van der Waals surface area contributed by atoms with Gasteiger partial charge in [-0.1, -0.05) is 11.6 Å². The number of likely N-dealkylation sites (N-methyl/N-ethyl adjacent to an activating group) is 1. The van der Waals surface area contributed by atoms with Crippen LogP contribution < -0.4 is 5.32 Å². The van der Waals surface area contributed by atoms with Gasteiger partial charge in [0.15, 0.2) is 0 Å². The second kappa shape index (κ2) is 6.52. The van der Waals surface area contributed by atoms with Gasteiger partial charge in [0, 0.05) is 41.8 Å². The molecular weight excluding hydrogens is 278 g/mol. The predicted octanol–water partition coefficient (Wildman–Crippen LogP) is 2.82. The zero-order valence-electron chi connectivity index (χ0n) is 11.8. The van der Waals surface area contributed by atoms with Gasteiger partial charge in [-0.3, -0.25) is 15.0 Å². The third kappa shape index (κ3) is 3.91. The van der Waals surface area contributed by atoms with Crippen molar-refractivity contribution < 1.29 is 4.92 Å². The summed E-state index contributed by atoms with van der Waals surface area (Å²) in [5.74, 6) is 0. The van der Waals surface area contributed by atoms with Crippen molar-refractivity contribution in [3.05, 3.63) is 38.9 Å². The first-order chi connectivity index (χ1) is 9.49. The van der Waals surface area contributed by atoms with Crippen molar-refractivity contribution in [2.24, 2.45) is 0 Å². The smallest absolute Gasteiger partial charge is 0.275 e. The van der Waals surface area contributed by atoms with Gasteiger partial charge in [-0.05, 0) is 38.9 Å². The Bertz CT molecular complexity index is 491. The number of nitro groups is 1. The molecule has 0 saturated heterocycles. The second-order valence-electron chi connectivity index (χ2n) is 5.41. The van der Waals surface area contributed by atoms with Crippen LogP contribution in [0.3, 0.4) is 0 Å². The van der Waals surface area contributed by atoms with Gasteiger partial charge in [0.25, 0.3) is 5.69 Å². The van der Waals surface area contributed by atoms with Gasteiger partial charge in [0.1, 0.15) is 0 Å². The molecule has 110 valence electrons. The highest BCUT2D eigenvalue weighted by atomic mass is 35.5. The van der Waals surface area contributed by atoms with Crippen LogP contribution in [0.4, 0.5) is 5.69 Å². The van der Waals surface area contributed by atoms with Crippen LogP contribution in [0.25, 0.3) is 0 Å². The topological polar surface area (TPSA) is 58.4 Å². The van der Waals surface area contributed by atoms with E-state index >= 15 is 0 Å². The molecule has 1 aromatic rings. The highest BCUT2D eigenvalue weighted by Crippen LogP contribution is 2.27. The van der Waals surface area contributed by atoms with Crippen molar-refractivity contribution in [1.82, 2.24) is 10.2 Å². The molecule has 1 atom stereocenters. The van der Waals surface area contributed by atoms with Gasteiger partial charge < -0.3 is 5.32 Å². The summed E-state index contributed by atoms with van der Waals surface area (Å²) in [5.41, 5.74) is 0.744. The van der Waals surface area contributed by atoms with Gasteiger partial charge in [0.2, 0.25) is 0 Å². The molecule has 1 aromatic carbocycles. The Morgan fingerprint density at radius 2 is 2.25 bits per heavy atom. The average molecular weight is 298 g/mol. The third-order valence-corrected chi connectivity index (χ3v) is 4.05. The van der Waals surface area contributed by atoms with E-state index in [0.717, 1.165) is 12.6 Å². The van der Waals surface area contributed by atoms with Crippen molar-refractivity contribution >= 4 is 17.3 Å². The average Bonchev–Trinajstić information content (AvgIpc) is 3.23. The molecule has 0 spiro atoms. The van der Waals surface area contributed by atoms with Crippen molar-refractivity contribution in [3.63, 3.8) is 0 Å². The van der Waals surface area contributed by atoms with Crippen LogP contribution in [0.15, 0.2) is 18.2 Å². The quantitative estimate of drug-likeness (QED) is 0.621. The van der Waals surface area contributed by atoms with Crippen molar-refractivity contribution in [2.45, 2.75) is 38.4 Å². The molecule has 0 radical (unpaired) electrons.